The normalized spacial score (nSPS) is 9.78. The van der Waals surface area contributed by atoms with E-state index in [-0.39, 0.29) is 0 Å². The molecule has 2 nitrogen and oxygen atoms in total. The maximum absolute atomic E-state index is 8.71. The van der Waals surface area contributed by atoms with Crippen LogP contribution in [-0.2, 0) is 13.0 Å². The topological polar surface area (TPSA) is 33.0 Å². The van der Waals surface area contributed by atoms with Gasteiger partial charge in [-0.05, 0) is 41.8 Å². The van der Waals surface area contributed by atoms with Crippen molar-refractivity contribution in [3.63, 3.8) is 0 Å². The highest BCUT2D eigenvalue weighted by Gasteiger charge is 1.98. The lowest BCUT2D eigenvalue weighted by atomic mass is 10.1. The monoisotopic (exact) mass is 237 g/mol. The average molecular weight is 237 g/mol. The quantitative estimate of drug-likeness (QED) is 0.812. The van der Waals surface area contributed by atoms with Gasteiger partial charge in [0.1, 0.15) is 12.4 Å². The molecule has 0 atom stereocenters. The fourth-order valence-corrected chi connectivity index (χ4v) is 1.70. The highest BCUT2D eigenvalue weighted by atomic mass is 16.5. The van der Waals surface area contributed by atoms with Crippen LogP contribution in [0.4, 0.5) is 0 Å². The van der Waals surface area contributed by atoms with Crippen molar-refractivity contribution in [3.8, 4) is 11.8 Å². The minimum Gasteiger partial charge on any atom is -0.489 e. The third kappa shape index (κ3) is 3.11. The second-order valence-electron chi connectivity index (χ2n) is 4.10. The molecule has 0 aliphatic rings. The lowest BCUT2D eigenvalue weighted by Gasteiger charge is -2.07. The molecule has 2 heteroatoms. The van der Waals surface area contributed by atoms with E-state index in [1.807, 2.05) is 24.3 Å². The minimum atomic E-state index is 0.527. The largest absolute Gasteiger partial charge is 0.489 e. The van der Waals surface area contributed by atoms with Crippen molar-refractivity contribution in [1.82, 2.24) is 0 Å². The summed E-state index contributed by atoms with van der Waals surface area (Å²) in [4.78, 5) is 0. The van der Waals surface area contributed by atoms with Gasteiger partial charge in [-0.1, -0.05) is 31.2 Å². The third-order valence-electron chi connectivity index (χ3n) is 2.80. The van der Waals surface area contributed by atoms with Crippen molar-refractivity contribution in [3.05, 3.63) is 65.2 Å². The van der Waals surface area contributed by atoms with Crippen molar-refractivity contribution in [2.45, 2.75) is 20.0 Å². The first-order valence-electron chi connectivity index (χ1n) is 6.02. The van der Waals surface area contributed by atoms with Crippen LogP contribution < -0.4 is 4.74 Å². The molecule has 0 N–H and O–H groups in total. The molecular weight excluding hydrogens is 222 g/mol. The van der Waals surface area contributed by atoms with E-state index in [1.165, 1.54) is 5.56 Å². The van der Waals surface area contributed by atoms with Crippen LogP contribution in [0.15, 0.2) is 48.5 Å². The van der Waals surface area contributed by atoms with Crippen molar-refractivity contribution in [2.75, 3.05) is 0 Å². The van der Waals surface area contributed by atoms with Gasteiger partial charge in [0.15, 0.2) is 0 Å². The number of benzene rings is 2. The molecule has 0 unspecified atom stereocenters. The molecule has 2 aromatic rings. The SMILES string of the molecule is CCc1cccc(OCc2ccc(C#N)cc2)c1. The summed E-state index contributed by atoms with van der Waals surface area (Å²) in [6.07, 6.45) is 1.01. The van der Waals surface area contributed by atoms with Gasteiger partial charge in [0.05, 0.1) is 11.6 Å². The van der Waals surface area contributed by atoms with E-state index >= 15 is 0 Å². The van der Waals surface area contributed by atoms with E-state index in [9.17, 15) is 0 Å². The first-order chi connectivity index (χ1) is 8.81. The molecule has 0 saturated carbocycles. The summed E-state index contributed by atoms with van der Waals surface area (Å²) in [7, 11) is 0. The predicted molar refractivity (Wildman–Crippen MR) is 71.3 cm³/mol. The summed E-state index contributed by atoms with van der Waals surface area (Å²) in [6.45, 7) is 2.65. The standard InChI is InChI=1S/C16H15NO/c1-2-13-4-3-5-16(10-13)18-12-15-8-6-14(11-17)7-9-15/h3-10H,2,12H2,1H3. The van der Waals surface area contributed by atoms with E-state index < -0.39 is 0 Å². The second kappa shape index (κ2) is 5.88. The smallest absolute Gasteiger partial charge is 0.120 e. The van der Waals surface area contributed by atoms with Crippen LogP contribution in [0.25, 0.3) is 0 Å². The first-order valence-corrected chi connectivity index (χ1v) is 6.02. The number of nitrogens with zero attached hydrogens (tertiary/aromatic N) is 1. The van der Waals surface area contributed by atoms with E-state index in [0.717, 1.165) is 17.7 Å². The summed E-state index contributed by atoms with van der Waals surface area (Å²) >= 11 is 0. The fraction of sp³-hybridized carbons (Fsp3) is 0.188. The minimum absolute atomic E-state index is 0.527. The molecule has 0 aromatic heterocycles. The Balaban J connectivity index is 2.00. The first kappa shape index (κ1) is 12.2. The second-order valence-corrected chi connectivity index (χ2v) is 4.10. The van der Waals surface area contributed by atoms with E-state index in [0.29, 0.717) is 12.2 Å². The lowest BCUT2D eigenvalue weighted by molar-refractivity contribution is 0.306. The zero-order chi connectivity index (χ0) is 12.8. The Kier molecular flexibility index (Phi) is 3.98. The zero-order valence-electron chi connectivity index (χ0n) is 10.4. The van der Waals surface area contributed by atoms with Crippen LogP contribution in [0.1, 0.15) is 23.6 Å². The Bertz CT molecular complexity index is 552. The highest BCUT2D eigenvalue weighted by molar-refractivity contribution is 5.32. The van der Waals surface area contributed by atoms with Gasteiger partial charge in [-0.3, -0.25) is 0 Å². The Morgan fingerprint density at radius 1 is 1.06 bits per heavy atom. The fourth-order valence-electron chi connectivity index (χ4n) is 1.70. The summed E-state index contributed by atoms with van der Waals surface area (Å²) < 4.78 is 5.73. The zero-order valence-corrected chi connectivity index (χ0v) is 10.4. The third-order valence-corrected chi connectivity index (χ3v) is 2.80. The molecule has 0 radical (unpaired) electrons. The summed E-state index contributed by atoms with van der Waals surface area (Å²) in [6, 6.07) is 17.7. The van der Waals surface area contributed by atoms with Crippen LogP contribution >= 0.6 is 0 Å². The van der Waals surface area contributed by atoms with Gasteiger partial charge in [-0.2, -0.15) is 5.26 Å². The number of hydrogen-bond acceptors (Lipinski definition) is 2. The number of nitriles is 1. The van der Waals surface area contributed by atoms with E-state index in [1.54, 1.807) is 12.1 Å². The molecular formula is C16H15NO. The van der Waals surface area contributed by atoms with E-state index in [2.05, 4.69) is 25.1 Å². The molecule has 0 bridgehead atoms. The summed E-state index contributed by atoms with van der Waals surface area (Å²) in [5, 5.41) is 8.71. The maximum atomic E-state index is 8.71. The number of rotatable bonds is 4. The van der Waals surface area contributed by atoms with Gasteiger partial charge in [0.25, 0.3) is 0 Å². The molecule has 2 aromatic carbocycles. The highest BCUT2D eigenvalue weighted by Crippen LogP contribution is 2.15. The molecule has 18 heavy (non-hydrogen) atoms. The number of hydrogen-bond donors (Lipinski definition) is 0. The van der Waals surface area contributed by atoms with Crippen LogP contribution in [0.2, 0.25) is 0 Å². The molecule has 90 valence electrons. The van der Waals surface area contributed by atoms with Crippen molar-refractivity contribution in [2.24, 2.45) is 0 Å². The average Bonchev–Trinajstić information content (AvgIpc) is 2.46. The summed E-state index contributed by atoms with van der Waals surface area (Å²) in [5.41, 5.74) is 3.01. The molecule has 0 aliphatic heterocycles. The molecule has 0 aliphatic carbocycles. The van der Waals surface area contributed by atoms with Gasteiger partial charge in [0.2, 0.25) is 0 Å². The van der Waals surface area contributed by atoms with Crippen LogP contribution in [-0.4, -0.2) is 0 Å². The van der Waals surface area contributed by atoms with Crippen molar-refractivity contribution in [1.29, 1.82) is 5.26 Å². The maximum Gasteiger partial charge on any atom is 0.120 e. The van der Waals surface area contributed by atoms with Gasteiger partial charge in [0, 0.05) is 0 Å². The Hall–Kier alpha value is -2.27. The molecule has 0 saturated heterocycles. The number of ether oxygens (including phenoxy) is 1. The van der Waals surface area contributed by atoms with E-state index in [4.69, 9.17) is 10.00 Å². The summed E-state index contributed by atoms with van der Waals surface area (Å²) in [5.74, 6) is 0.888. The van der Waals surface area contributed by atoms with Gasteiger partial charge >= 0.3 is 0 Å². The van der Waals surface area contributed by atoms with Crippen LogP contribution in [0.3, 0.4) is 0 Å². The van der Waals surface area contributed by atoms with Gasteiger partial charge in [-0.25, -0.2) is 0 Å². The lowest BCUT2D eigenvalue weighted by Crippen LogP contribution is -1.95. The molecule has 0 heterocycles. The Morgan fingerprint density at radius 2 is 1.83 bits per heavy atom. The van der Waals surface area contributed by atoms with Crippen molar-refractivity contribution < 1.29 is 4.74 Å². The van der Waals surface area contributed by atoms with Gasteiger partial charge in [-0.15, -0.1) is 0 Å². The predicted octanol–water partition coefficient (Wildman–Crippen LogP) is 3.70. The van der Waals surface area contributed by atoms with Crippen LogP contribution in [0, 0.1) is 11.3 Å². The molecule has 2 rings (SSSR count). The Labute approximate surface area is 107 Å². The van der Waals surface area contributed by atoms with Crippen LogP contribution in [0.5, 0.6) is 5.75 Å². The van der Waals surface area contributed by atoms with Crippen molar-refractivity contribution >= 4 is 0 Å². The molecule has 0 spiro atoms. The molecule has 0 amide bonds. The number of aryl methyl sites for hydroxylation is 1. The molecule has 0 fully saturated rings. The van der Waals surface area contributed by atoms with Gasteiger partial charge < -0.3 is 4.74 Å². The Morgan fingerprint density at radius 3 is 2.50 bits per heavy atom.